The van der Waals surface area contributed by atoms with E-state index in [4.69, 9.17) is 0 Å². The molecular weight excluding hydrogens is 469 g/mol. The molecular formula is K12. The van der Waals surface area contributed by atoms with Crippen molar-refractivity contribution >= 4 is 617 Å². The molecule has 0 rings (SSSR count). The van der Waals surface area contributed by atoms with E-state index in [0.29, 0.717) is 0 Å². The Morgan fingerprint density at radius 2 is 0.0833 bits per heavy atom. The Labute approximate surface area is 588 Å². The van der Waals surface area contributed by atoms with Gasteiger partial charge in [-0.05, 0) is 0 Å². The molecule has 0 nitrogen and oxygen atoms in total. The van der Waals surface area contributed by atoms with Crippen LogP contribution in [0.1, 0.15) is 0 Å². The van der Waals surface area contributed by atoms with Crippen molar-refractivity contribution in [2.24, 2.45) is 0 Å². The summed E-state index contributed by atoms with van der Waals surface area (Å²) >= 11 is 0. The Hall–Kier alpha value is 19.6. The summed E-state index contributed by atoms with van der Waals surface area (Å²) in [4.78, 5) is 0. The van der Waals surface area contributed by atoms with Gasteiger partial charge in [-0.3, -0.25) is 0 Å². The van der Waals surface area contributed by atoms with Crippen molar-refractivity contribution in [3.8, 4) is 0 Å². The van der Waals surface area contributed by atoms with Crippen molar-refractivity contribution < 1.29 is 0 Å². The smallest absolute Gasteiger partial charge is 0 e. The van der Waals surface area contributed by atoms with Gasteiger partial charge in [0.05, 0.1) is 0 Å². The van der Waals surface area contributed by atoms with Crippen molar-refractivity contribution in [3.63, 3.8) is 0 Å². The minimum Gasteiger partial charge on any atom is 0 e. The summed E-state index contributed by atoms with van der Waals surface area (Å²) in [5.41, 5.74) is 0. The molecule has 12 heavy (non-hydrogen) atoms. The van der Waals surface area contributed by atoms with Gasteiger partial charge < -0.3 is 0 Å². The third-order valence-corrected chi connectivity index (χ3v) is 0. The van der Waals surface area contributed by atoms with Crippen molar-refractivity contribution in [2.75, 3.05) is 0 Å². The monoisotopic (exact) mass is 468 g/mol. The van der Waals surface area contributed by atoms with Gasteiger partial charge in [0.1, 0.15) is 0 Å². The molecule has 0 aromatic carbocycles. The molecule has 0 bridgehead atoms. The van der Waals surface area contributed by atoms with Crippen LogP contribution in [0.2, 0.25) is 0 Å². The van der Waals surface area contributed by atoms with Crippen LogP contribution in [0.25, 0.3) is 0 Å². The van der Waals surface area contributed by atoms with Gasteiger partial charge >= 0.3 is 0 Å². The van der Waals surface area contributed by atoms with E-state index in [9.17, 15) is 0 Å². The first-order valence-corrected chi connectivity index (χ1v) is 0. The molecule has 0 aromatic heterocycles. The van der Waals surface area contributed by atoms with E-state index in [-0.39, 0.29) is 617 Å². The molecule has 0 spiro atoms. The minimum atomic E-state index is 0. The molecule has 0 saturated carbocycles. The SMILES string of the molecule is [K].[K].[K].[K].[K].[K].[K].[K].[K].[K].[K].[K]. The summed E-state index contributed by atoms with van der Waals surface area (Å²) < 4.78 is 0. The molecule has 0 aliphatic rings. The summed E-state index contributed by atoms with van der Waals surface area (Å²) in [5.74, 6) is 0. The van der Waals surface area contributed by atoms with Gasteiger partial charge in [-0.25, -0.2) is 0 Å². The predicted octanol–water partition coefficient (Wildman–Crippen LogP) is -4.57. The molecule has 0 fully saturated rings. The molecule has 0 aromatic rings. The van der Waals surface area contributed by atoms with Crippen LogP contribution in [0.5, 0.6) is 0 Å². The van der Waals surface area contributed by atoms with E-state index in [1.54, 1.807) is 0 Å². The normalized spacial score (nSPS) is 0. The largest absolute Gasteiger partial charge is 0 e. The maximum absolute atomic E-state index is 0. The molecule has 12 radical (unpaired) electrons. The van der Waals surface area contributed by atoms with Crippen LogP contribution in [0.3, 0.4) is 0 Å². The van der Waals surface area contributed by atoms with Gasteiger partial charge in [-0.15, -0.1) is 0 Å². The fourth-order valence-corrected chi connectivity index (χ4v) is 0. The second-order valence-electron chi connectivity index (χ2n) is 0. The standard InChI is InChI=1S/12K. The third-order valence-electron chi connectivity index (χ3n) is 0. The van der Waals surface area contributed by atoms with Gasteiger partial charge in [0.2, 0.25) is 0 Å². The Morgan fingerprint density at radius 3 is 0.0833 bits per heavy atom. The maximum Gasteiger partial charge on any atom is 0 e. The number of hydrogen-bond acceptors (Lipinski definition) is 0. The van der Waals surface area contributed by atoms with Crippen LogP contribution < -0.4 is 0 Å². The van der Waals surface area contributed by atoms with E-state index >= 15 is 0 Å². The quantitative estimate of drug-likeness (QED) is 0.314. The van der Waals surface area contributed by atoms with Crippen LogP contribution in [-0.4, -0.2) is 617 Å². The molecule has 0 aliphatic carbocycles. The number of hydrogen-bond donors (Lipinski definition) is 0. The van der Waals surface area contributed by atoms with E-state index in [2.05, 4.69) is 0 Å². The fourth-order valence-electron chi connectivity index (χ4n) is 0. The molecule has 0 N–H and O–H groups in total. The first kappa shape index (κ1) is 77.0. The van der Waals surface area contributed by atoms with E-state index in [1.807, 2.05) is 0 Å². The van der Waals surface area contributed by atoms with Gasteiger partial charge in [-0.1, -0.05) is 0 Å². The first-order valence-electron chi connectivity index (χ1n) is 0. The molecule has 0 aliphatic heterocycles. The van der Waals surface area contributed by atoms with Crippen LogP contribution >= 0.6 is 0 Å². The summed E-state index contributed by atoms with van der Waals surface area (Å²) in [6, 6.07) is 0. The second-order valence-corrected chi connectivity index (χ2v) is 0. The Kier molecular flexibility index (Phi) is 448. The maximum atomic E-state index is 0. The van der Waals surface area contributed by atoms with E-state index < -0.39 is 0 Å². The first-order chi connectivity index (χ1) is 0. The Bertz CT molecular complexity index is 0. The summed E-state index contributed by atoms with van der Waals surface area (Å²) in [7, 11) is 0. The molecule has 0 unspecified atom stereocenters. The molecule has 12 valence electrons. The van der Waals surface area contributed by atoms with Gasteiger partial charge in [0.15, 0.2) is 0 Å². The van der Waals surface area contributed by atoms with Gasteiger partial charge in [0, 0.05) is 617 Å². The van der Waals surface area contributed by atoms with Crippen molar-refractivity contribution in [3.05, 3.63) is 0 Å². The van der Waals surface area contributed by atoms with E-state index in [1.165, 1.54) is 0 Å². The van der Waals surface area contributed by atoms with Crippen LogP contribution in [0.15, 0.2) is 0 Å². The summed E-state index contributed by atoms with van der Waals surface area (Å²) in [6.07, 6.45) is 0. The molecule has 12 heteroatoms. The Balaban J connectivity index is 0. The summed E-state index contributed by atoms with van der Waals surface area (Å²) in [5, 5.41) is 0. The van der Waals surface area contributed by atoms with Crippen molar-refractivity contribution in [1.29, 1.82) is 0 Å². The zero-order valence-electron chi connectivity index (χ0n) is 12.0. The van der Waals surface area contributed by atoms with Gasteiger partial charge in [-0.2, -0.15) is 0 Å². The average Bonchev–Trinajstić information content (AvgIpc) is 0. The zero-order valence-corrected chi connectivity index (χ0v) is 49.5. The summed E-state index contributed by atoms with van der Waals surface area (Å²) in [6.45, 7) is 0. The zero-order chi connectivity index (χ0) is 0. The molecule has 0 amide bonds. The van der Waals surface area contributed by atoms with Crippen LogP contribution in [0.4, 0.5) is 0 Å². The minimum absolute atomic E-state index is 0. The van der Waals surface area contributed by atoms with Crippen LogP contribution in [-0.2, 0) is 0 Å². The number of rotatable bonds is 0. The molecule has 0 atom stereocenters. The van der Waals surface area contributed by atoms with Crippen molar-refractivity contribution in [2.45, 2.75) is 0 Å². The third kappa shape index (κ3) is 63.0. The predicted molar refractivity (Wildman–Crippen MR) is 69.0 cm³/mol. The van der Waals surface area contributed by atoms with Crippen LogP contribution in [0, 0.1) is 0 Å². The second kappa shape index (κ2) is 69.8. The van der Waals surface area contributed by atoms with Gasteiger partial charge in [0.25, 0.3) is 0 Å². The fraction of sp³-hybridized carbons (Fsp3) is 0. The molecule has 0 heterocycles. The topological polar surface area (TPSA) is 0 Å². The Morgan fingerprint density at radius 1 is 0.0833 bits per heavy atom. The van der Waals surface area contributed by atoms with E-state index in [0.717, 1.165) is 0 Å². The van der Waals surface area contributed by atoms with Crippen molar-refractivity contribution in [1.82, 2.24) is 0 Å². The average molecular weight is 469 g/mol. The molecule has 0 saturated heterocycles.